The quantitative estimate of drug-likeness (QED) is 0.931. The molecule has 0 saturated carbocycles. The predicted molar refractivity (Wildman–Crippen MR) is 60.4 cm³/mol. The molecule has 1 heterocycles. The van der Waals surface area contributed by atoms with E-state index in [0.29, 0.717) is 12.2 Å². The molecule has 0 unspecified atom stereocenters. The molecule has 0 aliphatic heterocycles. The second-order valence-electron chi connectivity index (χ2n) is 3.32. The first-order chi connectivity index (χ1) is 8.53. The first-order valence-electron chi connectivity index (χ1n) is 4.88. The number of hydrogen-bond acceptors (Lipinski definition) is 5. The second-order valence-corrected chi connectivity index (χ2v) is 3.93. The van der Waals surface area contributed by atoms with Crippen LogP contribution in [0.3, 0.4) is 0 Å². The molecular weight excluding hydrogens is 267 g/mol. The largest absolute Gasteiger partial charge is 0.573 e. The fourth-order valence-electron chi connectivity index (χ4n) is 1.23. The van der Waals surface area contributed by atoms with Crippen LogP contribution >= 0.6 is 11.5 Å². The summed E-state index contributed by atoms with van der Waals surface area (Å²) in [7, 11) is 0. The molecule has 0 atom stereocenters. The molecule has 2 rings (SSSR count). The minimum atomic E-state index is -4.67. The van der Waals surface area contributed by atoms with Crippen LogP contribution in [-0.2, 0) is 6.54 Å². The van der Waals surface area contributed by atoms with Crippen molar-refractivity contribution in [3.05, 3.63) is 35.3 Å². The lowest BCUT2D eigenvalue weighted by atomic mass is 10.3. The fraction of sp³-hybridized carbons (Fsp3) is 0.200. The number of hydrogen-bond donors (Lipinski definition) is 1. The molecule has 0 aliphatic rings. The van der Waals surface area contributed by atoms with Gasteiger partial charge in [0.05, 0.1) is 12.2 Å². The Balaban J connectivity index is 1.91. The molecule has 0 saturated heterocycles. The minimum Gasteiger partial charge on any atom is -0.406 e. The van der Waals surface area contributed by atoms with Gasteiger partial charge in [-0.05, 0) is 35.8 Å². The Morgan fingerprint density at radius 1 is 1.22 bits per heavy atom. The molecule has 1 aromatic carbocycles. The third-order valence-electron chi connectivity index (χ3n) is 1.97. The zero-order chi connectivity index (χ0) is 13.0. The van der Waals surface area contributed by atoms with Crippen molar-refractivity contribution >= 4 is 17.2 Å². The van der Waals surface area contributed by atoms with Gasteiger partial charge in [-0.15, -0.1) is 18.3 Å². The Bertz CT molecular complexity index is 484. The zero-order valence-electron chi connectivity index (χ0n) is 8.94. The number of halogens is 3. The smallest absolute Gasteiger partial charge is 0.406 e. The van der Waals surface area contributed by atoms with E-state index in [1.165, 1.54) is 35.8 Å². The highest BCUT2D eigenvalue weighted by atomic mass is 32.1. The molecule has 0 spiro atoms. The average molecular weight is 275 g/mol. The maximum atomic E-state index is 11.9. The third kappa shape index (κ3) is 3.88. The number of alkyl halides is 3. The van der Waals surface area contributed by atoms with Crippen molar-refractivity contribution in [3.63, 3.8) is 0 Å². The summed E-state index contributed by atoms with van der Waals surface area (Å²) in [5.74, 6) is -0.247. The summed E-state index contributed by atoms with van der Waals surface area (Å²) in [5, 5.41) is 8.62. The van der Waals surface area contributed by atoms with Crippen molar-refractivity contribution in [2.24, 2.45) is 0 Å². The monoisotopic (exact) mass is 275 g/mol. The fourth-order valence-corrected chi connectivity index (χ4v) is 1.68. The van der Waals surface area contributed by atoms with Gasteiger partial charge < -0.3 is 10.1 Å². The van der Waals surface area contributed by atoms with Gasteiger partial charge in [0.2, 0.25) is 0 Å². The summed E-state index contributed by atoms with van der Waals surface area (Å²) in [6.07, 6.45) is -4.67. The summed E-state index contributed by atoms with van der Waals surface area (Å²) in [6.45, 7) is 0.468. The van der Waals surface area contributed by atoms with Gasteiger partial charge in [0.1, 0.15) is 5.75 Å². The number of rotatable bonds is 4. The Labute approximate surface area is 105 Å². The molecule has 1 aromatic heterocycles. The highest BCUT2D eigenvalue weighted by molar-refractivity contribution is 7.03. The summed E-state index contributed by atoms with van der Waals surface area (Å²) in [6, 6.07) is 5.49. The molecule has 0 fully saturated rings. The zero-order valence-corrected chi connectivity index (χ0v) is 9.76. The SMILES string of the molecule is FC(F)(F)Oc1ccc(NCc2csnn2)cc1. The van der Waals surface area contributed by atoms with E-state index in [1.807, 2.05) is 0 Å². The molecular formula is C10H8F3N3OS. The topological polar surface area (TPSA) is 47.0 Å². The van der Waals surface area contributed by atoms with Gasteiger partial charge in [-0.1, -0.05) is 4.49 Å². The van der Waals surface area contributed by atoms with E-state index in [-0.39, 0.29) is 5.75 Å². The molecule has 8 heteroatoms. The number of ether oxygens (including phenoxy) is 1. The second kappa shape index (κ2) is 5.21. The first-order valence-corrected chi connectivity index (χ1v) is 5.72. The summed E-state index contributed by atoms with van der Waals surface area (Å²) < 4.78 is 43.2. The van der Waals surface area contributed by atoms with E-state index in [9.17, 15) is 13.2 Å². The molecule has 18 heavy (non-hydrogen) atoms. The normalized spacial score (nSPS) is 11.3. The van der Waals surface area contributed by atoms with Gasteiger partial charge in [0.15, 0.2) is 0 Å². The van der Waals surface area contributed by atoms with Crippen molar-refractivity contribution in [1.82, 2.24) is 9.59 Å². The van der Waals surface area contributed by atoms with Crippen molar-refractivity contribution < 1.29 is 17.9 Å². The highest BCUT2D eigenvalue weighted by Gasteiger charge is 2.30. The molecule has 0 bridgehead atoms. The molecule has 0 aliphatic carbocycles. The number of nitrogens with zero attached hydrogens (tertiary/aromatic N) is 2. The first kappa shape index (κ1) is 12.6. The molecule has 4 nitrogen and oxygen atoms in total. The van der Waals surface area contributed by atoms with Gasteiger partial charge in [0, 0.05) is 11.1 Å². The minimum absolute atomic E-state index is 0.247. The lowest BCUT2D eigenvalue weighted by Gasteiger charge is -2.09. The van der Waals surface area contributed by atoms with Crippen LogP contribution in [-0.4, -0.2) is 15.9 Å². The molecule has 96 valence electrons. The van der Waals surface area contributed by atoms with Crippen LogP contribution in [0.1, 0.15) is 5.69 Å². The van der Waals surface area contributed by atoms with Crippen molar-refractivity contribution in [2.75, 3.05) is 5.32 Å². The van der Waals surface area contributed by atoms with Crippen LogP contribution in [0.4, 0.5) is 18.9 Å². The van der Waals surface area contributed by atoms with E-state index >= 15 is 0 Å². The van der Waals surface area contributed by atoms with Crippen LogP contribution in [0, 0.1) is 0 Å². The van der Waals surface area contributed by atoms with Gasteiger partial charge in [-0.2, -0.15) is 0 Å². The highest BCUT2D eigenvalue weighted by Crippen LogP contribution is 2.24. The molecule has 2 aromatic rings. The van der Waals surface area contributed by atoms with Gasteiger partial charge in [-0.25, -0.2) is 0 Å². The number of nitrogens with one attached hydrogen (secondary N) is 1. The van der Waals surface area contributed by atoms with Crippen molar-refractivity contribution in [2.45, 2.75) is 12.9 Å². The van der Waals surface area contributed by atoms with E-state index in [2.05, 4.69) is 19.6 Å². The van der Waals surface area contributed by atoms with Crippen LogP contribution in [0.2, 0.25) is 0 Å². The third-order valence-corrected chi connectivity index (χ3v) is 2.52. The Hall–Kier alpha value is -1.83. The lowest BCUT2D eigenvalue weighted by Crippen LogP contribution is -2.17. The summed E-state index contributed by atoms with van der Waals surface area (Å²) >= 11 is 1.24. The predicted octanol–water partition coefficient (Wildman–Crippen LogP) is 3.05. The Morgan fingerprint density at radius 3 is 2.50 bits per heavy atom. The van der Waals surface area contributed by atoms with E-state index in [0.717, 1.165) is 5.69 Å². The van der Waals surface area contributed by atoms with Crippen LogP contribution in [0.5, 0.6) is 5.75 Å². The maximum absolute atomic E-state index is 11.9. The molecule has 1 N–H and O–H groups in total. The number of anilines is 1. The average Bonchev–Trinajstić information content (AvgIpc) is 2.79. The Morgan fingerprint density at radius 2 is 1.94 bits per heavy atom. The van der Waals surface area contributed by atoms with Gasteiger partial charge >= 0.3 is 6.36 Å². The van der Waals surface area contributed by atoms with Gasteiger partial charge in [0.25, 0.3) is 0 Å². The molecule has 0 amide bonds. The Kier molecular flexibility index (Phi) is 3.66. The van der Waals surface area contributed by atoms with E-state index in [1.54, 1.807) is 5.38 Å². The van der Waals surface area contributed by atoms with E-state index < -0.39 is 6.36 Å². The van der Waals surface area contributed by atoms with Crippen LogP contribution in [0.25, 0.3) is 0 Å². The molecule has 0 radical (unpaired) electrons. The summed E-state index contributed by atoms with van der Waals surface area (Å²) in [5.41, 5.74) is 1.45. The number of benzene rings is 1. The van der Waals surface area contributed by atoms with Crippen molar-refractivity contribution in [1.29, 1.82) is 0 Å². The lowest BCUT2D eigenvalue weighted by molar-refractivity contribution is -0.274. The van der Waals surface area contributed by atoms with Crippen LogP contribution < -0.4 is 10.1 Å². The van der Waals surface area contributed by atoms with Crippen LogP contribution in [0.15, 0.2) is 29.6 Å². The van der Waals surface area contributed by atoms with E-state index in [4.69, 9.17) is 0 Å². The summed E-state index contributed by atoms with van der Waals surface area (Å²) in [4.78, 5) is 0. The van der Waals surface area contributed by atoms with Crippen molar-refractivity contribution in [3.8, 4) is 5.75 Å². The number of aromatic nitrogens is 2. The standard InChI is InChI=1S/C10H8F3N3OS/c11-10(12,13)17-9-3-1-7(2-4-9)14-5-8-6-18-16-15-8/h1-4,6,14H,5H2. The maximum Gasteiger partial charge on any atom is 0.573 e. The van der Waals surface area contributed by atoms with Gasteiger partial charge in [-0.3, -0.25) is 0 Å².